The highest BCUT2D eigenvalue weighted by atomic mass is 16.7. The van der Waals surface area contributed by atoms with E-state index in [1.165, 1.54) is 12.3 Å². The Morgan fingerprint density at radius 3 is 2.76 bits per heavy atom. The third-order valence-electron chi connectivity index (χ3n) is 2.27. The van der Waals surface area contributed by atoms with Crippen molar-refractivity contribution in [3.8, 4) is 0 Å². The van der Waals surface area contributed by atoms with Gasteiger partial charge in [-0.2, -0.15) is 0 Å². The first-order valence-electron chi connectivity index (χ1n) is 5.30. The maximum atomic E-state index is 11.3. The zero-order chi connectivity index (χ0) is 12.5. The summed E-state index contributed by atoms with van der Waals surface area (Å²) in [5, 5.41) is 9.85. The van der Waals surface area contributed by atoms with Gasteiger partial charge in [0.25, 0.3) is 0 Å². The van der Waals surface area contributed by atoms with Gasteiger partial charge in [-0.1, -0.05) is 0 Å². The van der Waals surface area contributed by atoms with Gasteiger partial charge in [0.15, 0.2) is 0 Å². The number of aliphatic hydroxyl groups excluding tert-OH is 1. The van der Waals surface area contributed by atoms with Gasteiger partial charge in [0.1, 0.15) is 17.6 Å². The second-order valence-corrected chi connectivity index (χ2v) is 4.27. The highest BCUT2D eigenvalue weighted by Gasteiger charge is 2.31. The SMILES string of the molecule is CC1(C)OC(=O)C=C(C[C@@H](O)c2ccco2)O1. The Labute approximate surface area is 98.6 Å². The van der Waals surface area contributed by atoms with Crippen molar-refractivity contribution in [2.75, 3.05) is 0 Å². The Bertz CT molecular complexity index is 430. The van der Waals surface area contributed by atoms with Crippen molar-refractivity contribution in [1.82, 2.24) is 0 Å². The van der Waals surface area contributed by atoms with Crippen molar-refractivity contribution < 1.29 is 23.8 Å². The molecule has 17 heavy (non-hydrogen) atoms. The summed E-state index contributed by atoms with van der Waals surface area (Å²) in [5.74, 6) is -0.645. The van der Waals surface area contributed by atoms with E-state index >= 15 is 0 Å². The van der Waals surface area contributed by atoms with Crippen LogP contribution in [0.3, 0.4) is 0 Å². The van der Waals surface area contributed by atoms with Gasteiger partial charge >= 0.3 is 5.97 Å². The summed E-state index contributed by atoms with van der Waals surface area (Å²) < 4.78 is 15.4. The van der Waals surface area contributed by atoms with Crippen LogP contribution in [0.2, 0.25) is 0 Å². The third-order valence-corrected chi connectivity index (χ3v) is 2.27. The van der Waals surface area contributed by atoms with E-state index in [4.69, 9.17) is 13.9 Å². The largest absolute Gasteiger partial charge is 0.467 e. The predicted molar refractivity (Wildman–Crippen MR) is 57.6 cm³/mol. The number of hydrogen-bond donors (Lipinski definition) is 1. The number of carbonyl (C=O) groups is 1. The van der Waals surface area contributed by atoms with Crippen molar-refractivity contribution in [3.05, 3.63) is 36.0 Å². The lowest BCUT2D eigenvalue weighted by Crippen LogP contribution is -2.34. The van der Waals surface area contributed by atoms with E-state index in [0.29, 0.717) is 11.5 Å². The number of hydrogen-bond acceptors (Lipinski definition) is 5. The lowest BCUT2D eigenvalue weighted by molar-refractivity contribution is -0.206. The van der Waals surface area contributed by atoms with E-state index in [9.17, 15) is 9.90 Å². The summed E-state index contributed by atoms with van der Waals surface area (Å²) in [7, 11) is 0. The van der Waals surface area contributed by atoms with E-state index in [1.54, 1.807) is 26.0 Å². The van der Waals surface area contributed by atoms with E-state index in [-0.39, 0.29) is 6.42 Å². The first kappa shape index (κ1) is 11.7. The molecule has 1 aliphatic heterocycles. The average molecular weight is 238 g/mol. The van der Waals surface area contributed by atoms with Crippen molar-refractivity contribution in [3.63, 3.8) is 0 Å². The van der Waals surface area contributed by atoms with Crippen LogP contribution in [-0.2, 0) is 14.3 Å². The normalized spacial score (nSPS) is 20.2. The van der Waals surface area contributed by atoms with Crippen LogP contribution < -0.4 is 0 Å². The maximum Gasteiger partial charge on any atom is 0.337 e. The van der Waals surface area contributed by atoms with Gasteiger partial charge < -0.3 is 19.0 Å². The van der Waals surface area contributed by atoms with Crippen LogP contribution in [0, 0.1) is 0 Å². The molecule has 0 fully saturated rings. The molecule has 0 bridgehead atoms. The second kappa shape index (κ2) is 4.25. The number of rotatable bonds is 3. The van der Waals surface area contributed by atoms with E-state index in [1.807, 2.05) is 0 Å². The molecule has 0 spiro atoms. The number of furan rings is 1. The van der Waals surface area contributed by atoms with Crippen LogP contribution in [0.1, 0.15) is 32.1 Å². The summed E-state index contributed by atoms with van der Waals surface area (Å²) in [4.78, 5) is 11.3. The standard InChI is InChI=1S/C12H14O5/c1-12(2)16-8(7-11(14)17-12)6-9(13)10-4-3-5-15-10/h3-5,7,9,13H,6H2,1-2H3/t9-/m1/s1. The summed E-state index contributed by atoms with van der Waals surface area (Å²) >= 11 is 0. The first-order valence-corrected chi connectivity index (χ1v) is 5.30. The predicted octanol–water partition coefficient (Wildman–Crippen LogP) is 1.90. The molecule has 1 aromatic heterocycles. The molecule has 0 unspecified atom stereocenters. The highest BCUT2D eigenvalue weighted by Crippen LogP contribution is 2.28. The molecule has 0 aliphatic carbocycles. The molecule has 92 valence electrons. The van der Waals surface area contributed by atoms with Gasteiger partial charge in [0.05, 0.1) is 12.3 Å². The van der Waals surface area contributed by atoms with E-state index in [0.717, 1.165) is 0 Å². The second-order valence-electron chi connectivity index (χ2n) is 4.27. The number of aliphatic hydroxyl groups is 1. The summed E-state index contributed by atoms with van der Waals surface area (Å²) in [6, 6.07) is 3.35. The molecular weight excluding hydrogens is 224 g/mol. The molecule has 1 aromatic rings. The maximum absolute atomic E-state index is 11.3. The molecule has 1 N–H and O–H groups in total. The van der Waals surface area contributed by atoms with Gasteiger partial charge in [-0.3, -0.25) is 0 Å². The molecule has 0 amide bonds. The van der Waals surface area contributed by atoms with Crippen LogP contribution >= 0.6 is 0 Å². The van der Waals surface area contributed by atoms with Crippen molar-refractivity contribution in [2.24, 2.45) is 0 Å². The minimum Gasteiger partial charge on any atom is -0.467 e. The average Bonchev–Trinajstić information content (AvgIpc) is 2.65. The molecule has 2 heterocycles. The molecule has 5 nitrogen and oxygen atoms in total. The third kappa shape index (κ3) is 2.88. The molecular formula is C12H14O5. The smallest absolute Gasteiger partial charge is 0.337 e. The lowest BCUT2D eigenvalue weighted by atomic mass is 10.1. The Morgan fingerprint density at radius 1 is 1.41 bits per heavy atom. The quantitative estimate of drug-likeness (QED) is 0.814. The van der Waals surface area contributed by atoms with Crippen LogP contribution in [0.25, 0.3) is 0 Å². The number of cyclic esters (lactones) is 1. The molecule has 0 saturated heterocycles. The highest BCUT2D eigenvalue weighted by molar-refractivity contribution is 5.83. The van der Waals surface area contributed by atoms with Crippen LogP contribution in [0.5, 0.6) is 0 Å². The minimum absolute atomic E-state index is 0.173. The van der Waals surface area contributed by atoms with Gasteiger partial charge in [0, 0.05) is 20.3 Å². The molecule has 0 aromatic carbocycles. The summed E-state index contributed by atoms with van der Waals surface area (Å²) in [5.41, 5.74) is 0. The Balaban J connectivity index is 2.06. The molecule has 0 saturated carbocycles. The zero-order valence-corrected chi connectivity index (χ0v) is 9.67. The summed E-state index contributed by atoms with van der Waals surface area (Å²) in [6.45, 7) is 3.27. The topological polar surface area (TPSA) is 68.9 Å². The van der Waals surface area contributed by atoms with Crippen molar-refractivity contribution in [2.45, 2.75) is 32.2 Å². The number of ether oxygens (including phenoxy) is 2. The first-order chi connectivity index (χ1) is 7.96. The summed E-state index contributed by atoms with van der Waals surface area (Å²) in [6.07, 6.45) is 2.05. The fourth-order valence-electron chi connectivity index (χ4n) is 1.64. The zero-order valence-electron chi connectivity index (χ0n) is 9.67. The molecule has 2 rings (SSSR count). The van der Waals surface area contributed by atoms with Gasteiger partial charge in [-0.25, -0.2) is 4.79 Å². The minimum atomic E-state index is -0.996. The van der Waals surface area contributed by atoms with Crippen molar-refractivity contribution >= 4 is 5.97 Å². The monoisotopic (exact) mass is 238 g/mol. The van der Waals surface area contributed by atoms with Crippen LogP contribution in [-0.4, -0.2) is 16.9 Å². The van der Waals surface area contributed by atoms with E-state index < -0.39 is 17.9 Å². The van der Waals surface area contributed by atoms with Crippen LogP contribution in [0.15, 0.2) is 34.6 Å². The van der Waals surface area contributed by atoms with Gasteiger partial charge in [0.2, 0.25) is 5.79 Å². The molecule has 5 heteroatoms. The lowest BCUT2D eigenvalue weighted by Gasteiger charge is -2.31. The van der Waals surface area contributed by atoms with Gasteiger partial charge in [-0.05, 0) is 12.1 Å². The van der Waals surface area contributed by atoms with Crippen LogP contribution in [0.4, 0.5) is 0 Å². The van der Waals surface area contributed by atoms with Gasteiger partial charge in [-0.15, -0.1) is 0 Å². The number of esters is 1. The fraction of sp³-hybridized carbons (Fsp3) is 0.417. The van der Waals surface area contributed by atoms with Crippen molar-refractivity contribution in [1.29, 1.82) is 0 Å². The number of carbonyl (C=O) groups excluding carboxylic acids is 1. The van der Waals surface area contributed by atoms with E-state index in [2.05, 4.69) is 0 Å². The Kier molecular flexibility index (Phi) is 2.93. The molecule has 1 aliphatic rings. The Hall–Kier alpha value is -1.75. The molecule has 1 atom stereocenters. The molecule has 0 radical (unpaired) electrons. The fourth-order valence-corrected chi connectivity index (χ4v) is 1.64. The Morgan fingerprint density at radius 2 is 2.18 bits per heavy atom.